The lowest BCUT2D eigenvalue weighted by Gasteiger charge is -2.26. The van der Waals surface area contributed by atoms with Gasteiger partial charge in [-0.15, -0.1) is 0 Å². The van der Waals surface area contributed by atoms with Crippen molar-refractivity contribution in [1.29, 1.82) is 0 Å². The van der Waals surface area contributed by atoms with Gasteiger partial charge in [0, 0.05) is 0 Å². The molecule has 17 heavy (non-hydrogen) atoms. The van der Waals surface area contributed by atoms with Crippen molar-refractivity contribution in [2.75, 3.05) is 6.61 Å². The molecule has 0 bridgehead atoms. The van der Waals surface area contributed by atoms with E-state index in [2.05, 4.69) is 6.92 Å². The molecule has 3 heteroatoms. The maximum Gasteiger partial charge on any atom is 0.145 e. The molecule has 0 heterocycles. The quantitative estimate of drug-likeness (QED) is 0.763. The minimum absolute atomic E-state index is 0.0941. The van der Waals surface area contributed by atoms with E-state index in [1.165, 1.54) is 31.7 Å². The van der Waals surface area contributed by atoms with E-state index < -0.39 is 5.82 Å². The van der Waals surface area contributed by atoms with Gasteiger partial charge in [0.05, 0.1) is 6.61 Å². The first kappa shape index (κ1) is 12.7. The molecule has 0 spiro atoms. The zero-order chi connectivity index (χ0) is 12.3. The standard InChI is InChI=1S/C14H18ClFO/c1-10-5-7-11(8-6-10)9-17-13-4-2-3-12(16)14(13)15/h2-4,10-11H,5-9H2,1H3. The summed E-state index contributed by atoms with van der Waals surface area (Å²) in [5.41, 5.74) is 0. The van der Waals surface area contributed by atoms with Crippen LogP contribution in [0.4, 0.5) is 4.39 Å². The average Bonchev–Trinajstić information content (AvgIpc) is 2.33. The number of benzene rings is 1. The lowest BCUT2D eigenvalue weighted by atomic mass is 9.83. The molecule has 1 aliphatic rings. The zero-order valence-corrected chi connectivity index (χ0v) is 10.8. The summed E-state index contributed by atoms with van der Waals surface area (Å²) in [5.74, 6) is 1.47. The summed E-state index contributed by atoms with van der Waals surface area (Å²) in [6.45, 7) is 2.94. The van der Waals surface area contributed by atoms with Gasteiger partial charge in [0.1, 0.15) is 16.6 Å². The van der Waals surface area contributed by atoms with Crippen LogP contribution in [-0.2, 0) is 0 Å². The van der Waals surface area contributed by atoms with Crippen molar-refractivity contribution in [3.05, 3.63) is 29.0 Å². The smallest absolute Gasteiger partial charge is 0.145 e. The maximum absolute atomic E-state index is 13.2. The van der Waals surface area contributed by atoms with Gasteiger partial charge in [-0.2, -0.15) is 0 Å². The Hall–Kier alpha value is -0.760. The molecule has 94 valence electrons. The summed E-state index contributed by atoms with van der Waals surface area (Å²) >= 11 is 5.83. The SMILES string of the molecule is CC1CCC(COc2cccc(F)c2Cl)CC1. The van der Waals surface area contributed by atoms with Crippen molar-refractivity contribution < 1.29 is 9.13 Å². The Bertz CT molecular complexity index is 372. The van der Waals surface area contributed by atoms with Crippen LogP contribution in [0.15, 0.2) is 18.2 Å². The van der Waals surface area contributed by atoms with Gasteiger partial charge >= 0.3 is 0 Å². The van der Waals surface area contributed by atoms with E-state index in [9.17, 15) is 4.39 Å². The molecule has 1 fully saturated rings. The summed E-state index contributed by atoms with van der Waals surface area (Å²) in [6.07, 6.45) is 4.94. The van der Waals surface area contributed by atoms with Crippen LogP contribution in [0.5, 0.6) is 5.75 Å². The number of halogens is 2. The second-order valence-corrected chi connectivity index (χ2v) is 5.37. The molecule has 0 aliphatic heterocycles. The molecular weight excluding hydrogens is 239 g/mol. The molecule has 0 unspecified atom stereocenters. The number of hydrogen-bond donors (Lipinski definition) is 0. The van der Waals surface area contributed by atoms with Crippen LogP contribution in [0.25, 0.3) is 0 Å². The number of ether oxygens (including phenoxy) is 1. The fraction of sp³-hybridized carbons (Fsp3) is 0.571. The van der Waals surface area contributed by atoms with Crippen LogP contribution >= 0.6 is 11.6 Å². The highest BCUT2D eigenvalue weighted by atomic mass is 35.5. The van der Waals surface area contributed by atoms with Crippen LogP contribution < -0.4 is 4.74 Å². The van der Waals surface area contributed by atoms with E-state index in [1.807, 2.05) is 0 Å². The van der Waals surface area contributed by atoms with Crippen molar-refractivity contribution in [3.8, 4) is 5.75 Å². The molecule has 1 aromatic carbocycles. The molecule has 0 saturated heterocycles. The molecular formula is C14H18ClFO. The molecule has 0 aromatic heterocycles. The fourth-order valence-electron chi connectivity index (χ4n) is 2.30. The average molecular weight is 257 g/mol. The van der Waals surface area contributed by atoms with Gasteiger partial charge in [-0.3, -0.25) is 0 Å². The van der Waals surface area contributed by atoms with Gasteiger partial charge in [-0.25, -0.2) is 4.39 Å². The predicted octanol–water partition coefficient (Wildman–Crippen LogP) is 4.68. The first-order valence-corrected chi connectivity index (χ1v) is 6.61. The predicted molar refractivity (Wildman–Crippen MR) is 68.0 cm³/mol. The lowest BCUT2D eigenvalue weighted by Crippen LogP contribution is -2.18. The van der Waals surface area contributed by atoms with Crippen LogP contribution in [0.2, 0.25) is 5.02 Å². The van der Waals surface area contributed by atoms with Crippen molar-refractivity contribution in [3.63, 3.8) is 0 Å². The Balaban J connectivity index is 1.87. The van der Waals surface area contributed by atoms with Gasteiger partial charge in [-0.1, -0.05) is 37.4 Å². The summed E-state index contributed by atoms with van der Waals surface area (Å²) in [4.78, 5) is 0. The zero-order valence-electron chi connectivity index (χ0n) is 10.1. The molecule has 1 aromatic rings. The van der Waals surface area contributed by atoms with Crippen molar-refractivity contribution in [1.82, 2.24) is 0 Å². The van der Waals surface area contributed by atoms with E-state index in [1.54, 1.807) is 12.1 Å². The third kappa shape index (κ3) is 3.35. The second-order valence-electron chi connectivity index (χ2n) is 4.99. The van der Waals surface area contributed by atoms with Gasteiger partial charge in [0.25, 0.3) is 0 Å². The van der Waals surface area contributed by atoms with Gasteiger partial charge in [0.2, 0.25) is 0 Å². The molecule has 1 nitrogen and oxygen atoms in total. The van der Waals surface area contributed by atoms with E-state index in [-0.39, 0.29) is 5.02 Å². The van der Waals surface area contributed by atoms with Gasteiger partial charge < -0.3 is 4.74 Å². The lowest BCUT2D eigenvalue weighted by molar-refractivity contribution is 0.187. The minimum Gasteiger partial charge on any atom is -0.492 e. The van der Waals surface area contributed by atoms with Crippen molar-refractivity contribution in [2.45, 2.75) is 32.6 Å². The summed E-state index contributed by atoms with van der Waals surface area (Å²) in [7, 11) is 0. The Kier molecular flexibility index (Phi) is 4.27. The van der Waals surface area contributed by atoms with Crippen LogP contribution in [0.1, 0.15) is 32.6 Å². The van der Waals surface area contributed by atoms with Gasteiger partial charge in [-0.05, 0) is 36.8 Å². The number of hydrogen-bond acceptors (Lipinski definition) is 1. The van der Waals surface area contributed by atoms with Gasteiger partial charge in [0.15, 0.2) is 0 Å². The highest BCUT2D eigenvalue weighted by Gasteiger charge is 2.19. The topological polar surface area (TPSA) is 9.23 Å². The highest BCUT2D eigenvalue weighted by molar-refractivity contribution is 6.32. The first-order chi connectivity index (χ1) is 8.16. The molecule has 2 rings (SSSR count). The Morgan fingerprint density at radius 3 is 2.71 bits per heavy atom. The van der Waals surface area contributed by atoms with Crippen LogP contribution in [-0.4, -0.2) is 6.61 Å². The largest absolute Gasteiger partial charge is 0.492 e. The third-order valence-electron chi connectivity index (χ3n) is 3.53. The van der Waals surface area contributed by atoms with Crippen LogP contribution in [0.3, 0.4) is 0 Å². The molecule has 0 radical (unpaired) electrons. The summed E-state index contributed by atoms with van der Waals surface area (Å²) in [6, 6.07) is 4.69. The fourth-order valence-corrected chi connectivity index (χ4v) is 2.48. The van der Waals surface area contributed by atoms with E-state index in [4.69, 9.17) is 16.3 Å². The Labute approximate surface area is 107 Å². The van der Waals surface area contributed by atoms with Crippen molar-refractivity contribution in [2.24, 2.45) is 11.8 Å². The third-order valence-corrected chi connectivity index (χ3v) is 3.89. The monoisotopic (exact) mass is 256 g/mol. The molecule has 1 aliphatic carbocycles. The summed E-state index contributed by atoms with van der Waals surface area (Å²) in [5, 5.41) is 0.0941. The first-order valence-electron chi connectivity index (χ1n) is 6.23. The molecule has 0 amide bonds. The highest BCUT2D eigenvalue weighted by Crippen LogP contribution is 2.31. The molecule has 0 N–H and O–H groups in total. The summed E-state index contributed by atoms with van der Waals surface area (Å²) < 4.78 is 18.8. The molecule has 1 saturated carbocycles. The molecule has 0 atom stereocenters. The maximum atomic E-state index is 13.2. The van der Waals surface area contributed by atoms with E-state index in [0.717, 1.165) is 5.92 Å². The normalized spacial score (nSPS) is 24.6. The minimum atomic E-state index is -0.415. The van der Waals surface area contributed by atoms with Crippen molar-refractivity contribution >= 4 is 11.6 Å². The van der Waals surface area contributed by atoms with E-state index in [0.29, 0.717) is 18.3 Å². The Morgan fingerprint density at radius 1 is 1.29 bits per heavy atom. The second kappa shape index (κ2) is 5.72. The Morgan fingerprint density at radius 2 is 2.00 bits per heavy atom. The van der Waals surface area contributed by atoms with E-state index >= 15 is 0 Å². The number of rotatable bonds is 3. The van der Waals surface area contributed by atoms with Crippen LogP contribution in [0, 0.1) is 17.7 Å².